The van der Waals surface area contributed by atoms with Crippen LogP contribution in [0.1, 0.15) is 39.3 Å². The Balaban J connectivity index is 2.93. The maximum Gasteiger partial charge on any atom is 0.123 e. The topological polar surface area (TPSA) is 38.3 Å². The van der Waals surface area contributed by atoms with Gasteiger partial charge in [-0.3, -0.25) is 0 Å². The molecule has 0 amide bonds. The molecule has 0 aliphatic rings. The van der Waals surface area contributed by atoms with E-state index in [0.717, 1.165) is 0 Å². The Morgan fingerprint density at radius 2 is 2.00 bits per heavy atom. The molecule has 18 heavy (non-hydrogen) atoms. The second-order valence-electron chi connectivity index (χ2n) is 5.11. The number of rotatable bonds is 4. The molecule has 0 radical (unpaired) electrons. The molecule has 102 valence electrons. The zero-order valence-corrected chi connectivity index (χ0v) is 12.2. The number of nitrogens with one attached hydrogen (secondary N) is 1. The first kappa shape index (κ1) is 15.1. The van der Waals surface area contributed by atoms with Gasteiger partial charge in [-0.2, -0.15) is 0 Å². The molecule has 0 heterocycles. The van der Waals surface area contributed by atoms with Gasteiger partial charge in [-0.05, 0) is 45.9 Å². The second-order valence-corrected chi connectivity index (χ2v) is 7.10. The van der Waals surface area contributed by atoms with E-state index in [1.807, 2.05) is 27.7 Å². The normalized spacial score (nSPS) is 15.2. The van der Waals surface area contributed by atoms with E-state index >= 15 is 0 Å². The summed E-state index contributed by atoms with van der Waals surface area (Å²) in [7, 11) is 0.319. The highest BCUT2D eigenvalue weighted by molar-refractivity contribution is 7.84. The molecule has 0 saturated heterocycles. The van der Waals surface area contributed by atoms with Gasteiger partial charge in [-0.1, -0.05) is 0 Å². The van der Waals surface area contributed by atoms with Gasteiger partial charge in [-0.15, -0.1) is 0 Å². The molecule has 0 spiro atoms. The molecule has 2 atom stereocenters. The molecular weight excluding hydrogens is 253 g/mol. The van der Waals surface area contributed by atoms with Crippen molar-refractivity contribution in [3.05, 3.63) is 29.6 Å². The van der Waals surface area contributed by atoms with Gasteiger partial charge in [0.05, 0.1) is 22.8 Å². The molecule has 0 aromatic heterocycles. The van der Waals surface area contributed by atoms with Crippen LogP contribution in [0.15, 0.2) is 18.2 Å². The predicted octanol–water partition coefficient (Wildman–Crippen LogP) is 2.95. The largest absolute Gasteiger partial charge is 0.496 e. The summed E-state index contributed by atoms with van der Waals surface area (Å²) >= 11 is 0. The van der Waals surface area contributed by atoms with E-state index in [1.165, 1.54) is 19.2 Å². The number of hydrogen-bond acceptors (Lipinski definition) is 2. The van der Waals surface area contributed by atoms with Crippen LogP contribution in [0.4, 0.5) is 4.39 Å². The Morgan fingerprint density at radius 1 is 1.39 bits per heavy atom. The van der Waals surface area contributed by atoms with Crippen LogP contribution in [-0.4, -0.2) is 16.1 Å². The Hall–Kier alpha value is -0.940. The highest BCUT2D eigenvalue weighted by atomic mass is 32.2. The summed E-state index contributed by atoms with van der Waals surface area (Å²) in [4.78, 5) is 0. The Morgan fingerprint density at radius 3 is 2.50 bits per heavy atom. The summed E-state index contributed by atoms with van der Waals surface area (Å²) in [6.45, 7) is 7.48. The van der Waals surface area contributed by atoms with E-state index in [4.69, 9.17) is 4.74 Å². The van der Waals surface area contributed by atoms with Crippen LogP contribution in [0.2, 0.25) is 0 Å². The molecule has 3 nitrogen and oxygen atoms in total. The van der Waals surface area contributed by atoms with Crippen LogP contribution in [-0.2, 0) is 11.0 Å². The van der Waals surface area contributed by atoms with E-state index < -0.39 is 11.0 Å². The average Bonchev–Trinajstić information content (AvgIpc) is 2.27. The van der Waals surface area contributed by atoms with E-state index in [0.29, 0.717) is 11.3 Å². The fraction of sp³-hybridized carbons (Fsp3) is 0.538. The van der Waals surface area contributed by atoms with Crippen molar-refractivity contribution in [2.75, 3.05) is 7.11 Å². The molecule has 1 N–H and O–H groups in total. The third kappa shape index (κ3) is 3.78. The summed E-state index contributed by atoms with van der Waals surface area (Å²) < 4.78 is 33.0. The van der Waals surface area contributed by atoms with E-state index in [9.17, 15) is 8.60 Å². The second kappa shape index (κ2) is 5.80. The molecular formula is C13H20FNO2S. The molecule has 0 saturated carbocycles. The predicted molar refractivity (Wildman–Crippen MR) is 72.4 cm³/mol. The maximum atomic E-state index is 13.3. The molecule has 0 fully saturated rings. The lowest BCUT2D eigenvalue weighted by atomic mass is 10.1. The number of ether oxygens (including phenoxy) is 1. The molecule has 0 aliphatic heterocycles. The molecule has 1 aromatic carbocycles. The van der Waals surface area contributed by atoms with Gasteiger partial charge >= 0.3 is 0 Å². The Labute approximate surface area is 110 Å². The summed E-state index contributed by atoms with van der Waals surface area (Å²) in [6.07, 6.45) is 0. The lowest BCUT2D eigenvalue weighted by Crippen LogP contribution is -2.34. The zero-order chi connectivity index (χ0) is 13.9. The van der Waals surface area contributed by atoms with E-state index in [2.05, 4.69) is 4.72 Å². The van der Waals surface area contributed by atoms with Gasteiger partial charge < -0.3 is 4.74 Å². The maximum absolute atomic E-state index is 13.3. The monoisotopic (exact) mass is 273 g/mol. The third-order valence-electron chi connectivity index (χ3n) is 2.50. The highest BCUT2D eigenvalue weighted by Gasteiger charge is 2.23. The Bertz CT molecular complexity index is 443. The minimum Gasteiger partial charge on any atom is -0.496 e. The van der Waals surface area contributed by atoms with Gasteiger partial charge in [0.15, 0.2) is 0 Å². The Kier molecular flexibility index (Phi) is 4.87. The van der Waals surface area contributed by atoms with Crippen molar-refractivity contribution in [3.63, 3.8) is 0 Å². The van der Waals surface area contributed by atoms with Crippen molar-refractivity contribution in [1.29, 1.82) is 0 Å². The van der Waals surface area contributed by atoms with Crippen LogP contribution in [0.5, 0.6) is 5.75 Å². The van der Waals surface area contributed by atoms with Crippen LogP contribution in [0.25, 0.3) is 0 Å². The lowest BCUT2D eigenvalue weighted by Gasteiger charge is -2.23. The molecule has 0 unspecified atom stereocenters. The molecule has 0 bridgehead atoms. The first-order chi connectivity index (χ1) is 8.25. The minimum atomic E-state index is -1.21. The van der Waals surface area contributed by atoms with Crippen LogP contribution < -0.4 is 9.46 Å². The molecule has 1 aromatic rings. The zero-order valence-electron chi connectivity index (χ0n) is 11.4. The number of benzene rings is 1. The highest BCUT2D eigenvalue weighted by Crippen LogP contribution is 2.26. The van der Waals surface area contributed by atoms with Gasteiger partial charge in [0, 0.05) is 11.6 Å². The summed E-state index contributed by atoms with van der Waals surface area (Å²) in [5.74, 6) is 0.253. The fourth-order valence-electron chi connectivity index (χ4n) is 1.44. The average molecular weight is 273 g/mol. The molecule has 1 rings (SSSR count). The molecule has 0 aliphatic carbocycles. The molecule has 5 heteroatoms. The van der Waals surface area contributed by atoms with E-state index in [-0.39, 0.29) is 16.6 Å². The van der Waals surface area contributed by atoms with Crippen LogP contribution in [0, 0.1) is 5.82 Å². The van der Waals surface area contributed by atoms with Gasteiger partial charge in [0.25, 0.3) is 0 Å². The summed E-state index contributed by atoms with van der Waals surface area (Å²) in [6, 6.07) is 4.06. The van der Waals surface area contributed by atoms with Gasteiger partial charge in [0.2, 0.25) is 0 Å². The standard InChI is InChI=1S/C13H20FNO2S/c1-9(15-18(16)13(2,3)4)11-8-10(14)6-7-12(11)17-5/h6-9,15H,1-5H3/t9-,18+/m1/s1. The first-order valence-electron chi connectivity index (χ1n) is 5.77. The smallest absolute Gasteiger partial charge is 0.123 e. The fourth-order valence-corrected chi connectivity index (χ4v) is 2.25. The lowest BCUT2D eigenvalue weighted by molar-refractivity contribution is 0.404. The van der Waals surface area contributed by atoms with Crippen LogP contribution in [0.3, 0.4) is 0 Å². The van der Waals surface area contributed by atoms with E-state index in [1.54, 1.807) is 6.07 Å². The summed E-state index contributed by atoms with van der Waals surface area (Å²) in [5.41, 5.74) is 0.662. The van der Waals surface area contributed by atoms with Crippen molar-refractivity contribution >= 4 is 11.0 Å². The number of methoxy groups -OCH3 is 1. The van der Waals surface area contributed by atoms with Crippen molar-refractivity contribution < 1.29 is 13.3 Å². The van der Waals surface area contributed by atoms with Crippen LogP contribution >= 0.6 is 0 Å². The number of hydrogen-bond donors (Lipinski definition) is 1. The van der Waals surface area contributed by atoms with Crippen molar-refractivity contribution in [3.8, 4) is 5.75 Å². The van der Waals surface area contributed by atoms with Crippen molar-refractivity contribution in [1.82, 2.24) is 4.72 Å². The SMILES string of the molecule is COc1ccc(F)cc1[C@@H](C)N[S@@](=O)C(C)(C)C. The van der Waals surface area contributed by atoms with Gasteiger partial charge in [-0.25, -0.2) is 13.3 Å². The first-order valence-corrected chi connectivity index (χ1v) is 6.92. The number of halogens is 1. The summed E-state index contributed by atoms with van der Waals surface area (Å²) in [5, 5.41) is 0. The minimum absolute atomic E-state index is 0.254. The van der Waals surface area contributed by atoms with Crippen molar-refractivity contribution in [2.24, 2.45) is 0 Å². The van der Waals surface area contributed by atoms with Gasteiger partial charge in [0.1, 0.15) is 11.6 Å². The van der Waals surface area contributed by atoms with Crippen molar-refractivity contribution in [2.45, 2.75) is 38.5 Å². The quantitative estimate of drug-likeness (QED) is 0.916. The third-order valence-corrected chi connectivity index (χ3v) is 4.18.